The standard InChI is InChI=1S/C20H26N4O2/c25-20(16-2-1-11-24(14-16)18-8-12-26-13-9-18)22-17-5-3-15(4-6-17)19-7-10-21-23-19/h3-7,10,16,18H,1-2,8-9,11-14H2,(H,21,23)(H,22,25). The van der Waals surface area contributed by atoms with Crippen LogP contribution in [0.4, 0.5) is 5.69 Å². The molecule has 1 unspecified atom stereocenters. The summed E-state index contributed by atoms with van der Waals surface area (Å²) in [5.74, 6) is 0.204. The Kier molecular flexibility index (Phi) is 5.32. The van der Waals surface area contributed by atoms with Crippen LogP contribution in [0.25, 0.3) is 11.3 Å². The quantitative estimate of drug-likeness (QED) is 0.886. The third-order valence-corrected chi connectivity index (χ3v) is 5.50. The number of rotatable bonds is 4. The second kappa shape index (κ2) is 8.01. The molecule has 2 aliphatic heterocycles. The van der Waals surface area contributed by atoms with Crippen molar-refractivity contribution < 1.29 is 9.53 Å². The first-order chi connectivity index (χ1) is 12.8. The van der Waals surface area contributed by atoms with E-state index in [1.54, 1.807) is 6.20 Å². The number of benzene rings is 1. The van der Waals surface area contributed by atoms with Crippen LogP contribution in [-0.4, -0.2) is 53.3 Å². The van der Waals surface area contributed by atoms with E-state index in [0.29, 0.717) is 6.04 Å². The first-order valence-corrected chi connectivity index (χ1v) is 9.52. The highest BCUT2D eigenvalue weighted by Crippen LogP contribution is 2.25. The van der Waals surface area contributed by atoms with Gasteiger partial charge in [0.2, 0.25) is 5.91 Å². The van der Waals surface area contributed by atoms with E-state index in [1.165, 1.54) is 0 Å². The van der Waals surface area contributed by atoms with Gasteiger partial charge in [-0.2, -0.15) is 5.10 Å². The van der Waals surface area contributed by atoms with Gasteiger partial charge in [0.1, 0.15) is 0 Å². The van der Waals surface area contributed by atoms with Crippen molar-refractivity contribution in [3.63, 3.8) is 0 Å². The molecule has 6 nitrogen and oxygen atoms in total. The largest absolute Gasteiger partial charge is 0.381 e. The predicted octanol–water partition coefficient (Wildman–Crippen LogP) is 2.91. The fraction of sp³-hybridized carbons (Fsp3) is 0.500. The van der Waals surface area contributed by atoms with Gasteiger partial charge in [-0.25, -0.2) is 0 Å². The van der Waals surface area contributed by atoms with Crippen molar-refractivity contribution in [1.29, 1.82) is 0 Å². The molecule has 0 saturated carbocycles. The summed E-state index contributed by atoms with van der Waals surface area (Å²) in [5.41, 5.74) is 2.88. The normalized spacial score (nSPS) is 22.2. The molecule has 2 N–H and O–H groups in total. The van der Waals surface area contributed by atoms with Crippen LogP contribution in [-0.2, 0) is 9.53 Å². The van der Waals surface area contributed by atoms with Crippen LogP contribution in [0.1, 0.15) is 25.7 Å². The third-order valence-electron chi connectivity index (χ3n) is 5.50. The summed E-state index contributed by atoms with van der Waals surface area (Å²) in [6, 6.07) is 10.4. The number of amides is 1. The fourth-order valence-electron chi connectivity index (χ4n) is 4.00. The smallest absolute Gasteiger partial charge is 0.228 e. The molecule has 2 fully saturated rings. The van der Waals surface area contributed by atoms with E-state index < -0.39 is 0 Å². The number of aromatic nitrogens is 2. The van der Waals surface area contributed by atoms with E-state index in [-0.39, 0.29) is 11.8 Å². The molecule has 138 valence electrons. The predicted molar refractivity (Wildman–Crippen MR) is 101 cm³/mol. The van der Waals surface area contributed by atoms with Crippen LogP contribution in [0, 0.1) is 5.92 Å². The number of likely N-dealkylation sites (tertiary alicyclic amines) is 1. The molecule has 0 spiro atoms. The minimum absolute atomic E-state index is 0.0684. The van der Waals surface area contributed by atoms with Gasteiger partial charge in [-0.1, -0.05) is 12.1 Å². The Morgan fingerprint density at radius 3 is 2.69 bits per heavy atom. The van der Waals surface area contributed by atoms with Crippen molar-refractivity contribution in [3.8, 4) is 11.3 Å². The molecule has 1 amide bonds. The lowest BCUT2D eigenvalue weighted by Gasteiger charge is -2.39. The summed E-state index contributed by atoms with van der Waals surface area (Å²) < 4.78 is 5.47. The second-order valence-electron chi connectivity index (χ2n) is 7.21. The molecule has 26 heavy (non-hydrogen) atoms. The summed E-state index contributed by atoms with van der Waals surface area (Å²) >= 11 is 0. The Hall–Kier alpha value is -2.18. The van der Waals surface area contributed by atoms with Crippen molar-refractivity contribution in [3.05, 3.63) is 36.5 Å². The summed E-state index contributed by atoms with van der Waals surface area (Å²) in [5, 5.41) is 10.0. The minimum atomic E-state index is 0.0684. The first kappa shape index (κ1) is 17.2. The molecule has 1 aromatic carbocycles. The van der Waals surface area contributed by atoms with Gasteiger partial charge in [0.05, 0.1) is 11.6 Å². The zero-order chi connectivity index (χ0) is 17.8. The van der Waals surface area contributed by atoms with Crippen LogP contribution < -0.4 is 5.32 Å². The van der Waals surface area contributed by atoms with Crippen LogP contribution in [0.2, 0.25) is 0 Å². The van der Waals surface area contributed by atoms with E-state index in [0.717, 1.165) is 68.9 Å². The molecule has 0 radical (unpaired) electrons. The molecule has 4 rings (SSSR count). The zero-order valence-electron chi connectivity index (χ0n) is 15.0. The highest BCUT2D eigenvalue weighted by Gasteiger charge is 2.30. The van der Waals surface area contributed by atoms with Crippen LogP contribution >= 0.6 is 0 Å². The molecular formula is C20H26N4O2. The van der Waals surface area contributed by atoms with Crippen LogP contribution in [0.15, 0.2) is 36.5 Å². The minimum Gasteiger partial charge on any atom is -0.381 e. The Balaban J connectivity index is 1.35. The number of nitrogens with zero attached hydrogens (tertiary/aromatic N) is 2. The molecular weight excluding hydrogens is 328 g/mol. The Morgan fingerprint density at radius 1 is 1.15 bits per heavy atom. The monoisotopic (exact) mass is 354 g/mol. The van der Waals surface area contributed by atoms with Gasteiger partial charge in [0.25, 0.3) is 0 Å². The third kappa shape index (κ3) is 3.97. The van der Waals surface area contributed by atoms with Gasteiger partial charge >= 0.3 is 0 Å². The van der Waals surface area contributed by atoms with Gasteiger partial charge in [0.15, 0.2) is 0 Å². The van der Waals surface area contributed by atoms with Crippen LogP contribution in [0.5, 0.6) is 0 Å². The number of ether oxygens (including phenoxy) is 1. The molecule has 1 aromatic heterocycles. The van der Waals surface area contributed by atoms with Crippen LogP contribution in [0.3, 0.4) is 0 Å². The topological polar surface area (TPSA) is 70.2 Å². The van der Waals surface area contributed by atoms with Gasteiger partial charge in [0, 0.05) is 37.7 Å². The molecule has 0 aliphatic carbocycles. The van der Waals surface area contributed by atoms with E-state index in [2.05, 4.69) is 20.4 Å². The van der Waals surface area contributed by atoms with Crippen molar-refractivity contribution >= 4 is 11.6 Å². The Morgan fingerprint density at radius 2 is 1.96 bits per heavy atom. The number of aromatic amines is 1. The summed E-state index contributed by atoms with van der Waals surface area (Å²) in [7, 11) is 0. The Labute approximate surface area is 153 Å². The summed E-state index contributed by atoms with van der Waals surface area (Å²) in [4.78, 5) is 15.2. The van der Waals surface area contributed by atoms with Gasteiger partial charge in [-0.15, -0.1) is 0 Å². The van der Waals surface area contributed by atoms with Crippen molar-refractivity contribution in [2.45, 2.75) is 31.7 Å². The highest BCUT2D eigenvalue weighted by atomic mass is 16.5. The lowest BCUT2D eigenvalue weighted by atomic mass is 9.94. The maximum atomic E-state index is 12.7. The molecule has 2 aliphatic rings. The Bertz CT molecular complexity index is 708. The van der Waals surface area contributed by atoms with E-state index in [9.17, 15) is 4.79 Å². The number of carbonyl (C=O) groups is 1. The van der Waals surface area contributed by atoms with E-state index >= 15 is 0 Å². The number of nitrogens with one attached hydrogen (secondary N) is 2. The molecule has 1 atom stereocenters. The van der Waals surface area contributed by atoms with Gasteiger partial charge in [-0.3, -0.25) is 14.8 Å². The summed E-state index contributed by atoms with van der Waals surface area (Å²) in [6.45, 7) is 3.66. The van der Waals surface area contributed by atoms with Crippen molar-refractivity contribution in [2.24, 2.45) is 5.92 Å². The molecule has 3 heterocycles. The van der Waals surface area contributed by atoms with Gasteiger partial charge in [-0.05, 0) is 56.0 Å². The van der Waals surface area contributed by atoms with Crippen molar-refractivity contribution in [2.75, 3.05) is 31.6 Å². The lowest BCUT2D eigenvalue weighted by Crippen LogP contribution is -2.47. The number of H-pyrrole nitrogens is 1. The SMILES string of the molecule is O=C(Nc1ccc(-c2ccn[nH]2)cc1)C1CCCN(C2CCOCC2)C1. The van der Waals surface area contributed by atoms with E-state index in [4.69, 9.17) is 4.74 Å². The molecule has 6 heteroatoms. The first-order valence-electron chi connectivity index (χ1n) is 9.52. The maximum Gasteiger partial charge on any atom is 0.228 e. The average molecular weight is 354 g/mol. The van der Waals surface area contributed by atoms with Crippen molar-refractivity contribution in [1.82, 2.24) is 15.1 Å². The van der Waals surface area contributed by atoms with Gasteiger partial charge < -0.3 is 10.1 Å². The number of carbonyl (C=O) groups excluding carboxylic acids is 1. The molecule has 2 aromatic rings. The highest BCUT2D eigenvalue weighted by molar-refractivity contribution is 5.93. The lowest BCUT2D eigenvalue weighted by molar-refractivity contribution is -0.122. The maximum absolute atomic E-state index is 12.7. The number of hydrogen-bond donors (Lipinski definition) is 2. The molecule has 0 bridgehead atoms. The number of hydrogen-bond acceptors (Lipinski definition) is 4. The molecule has 2 saturated heterocycles. The van der Waals surface area contributed by atoms with E-state index in [1.807, 2.05) is 30.3 Å². The number of anilines is 1. The zero-order valence-corrected chi connectivity index (χ0v) is 15.0. The summed E-state index contributed by atoms with van der Waals surface area (Å²) in [6.07, 6.45) is 5.97. The number of piperidine rings is 1. The average Bonchev–Trinajstić information content (AvgIpc) is 3.24. The second-order valence-corrected chi connectivity index (χ2v) is 7.21. The fourth-order valence-corrected chi connectivity index (χ4v) is 4.00.